The second kappa shape index (κ2) is 6.12. The highest BCUT2D eigenvalue weighted by atomic mass is 16.1. The molecule has 1 aliphatic carbocycles. The molecule has 1 fully saturated rings. The third kappa shape index (κ3) is 3.15. The molecule has 4 nitrogen and oxygen atoms in total. The first-order chi connectivity index (χ1) is 10.2. The summed E-state index contributed by atoms with van der Waals surface area (Å²) in [6.07, 6.45) is 8.51. The number of benzene rings is 1. The number of nitrogens with one attached hydrogen (secondary N) is 1. The molecule has 1 aliphatic rings. The van der Waals surface area contributed by atoms with Gasteiger partial charge in [-0.3, -0.25) is 9.78 Å². The van der Waals surface area contributed by atoms with Crippen molar-refractivity contribution in [3.8, 4) is 0 Å². The Morgan fingerprint density at radius 3 is 2.86 bits per heavy atom. The van der Waals surface area contributed by atoms with Crippen molar-refractivity contribution in [1.29, 1.82) is 0 Å². The summed E-state index contributed by atoms with van der Waals surface area (Å²) in [6, 6.07) is 7.46. The fourth-order valence-electron chi connectivity index (χ4n) is 3.16. The van der Waals surface area contributed by atoms with Crippen molar-refractivity contribution in [2.45, 2.75) is 38.5 Å². The molecule has 0 aliphatic heterocycles. The van der Waals surface area contributed by atoms with E-state index in [-0.39, 0.29) is 5.91 Å². The Hall–Kier alpha value is -2.10. The number of aromatic nitrogens is 1. The van der Waals surface area contributed by atoms with E-state index >= 15 is 0 Å². The van der Waals surface area contributed by atoms with E-state index < -0.39 is 0 Å². The summed E-state index contributed by atoms with van der Waals surface area (Å²) in [5.41, 5.74) is 8.11. The molecular formula is C17H21N3O. The van der Waals surface area contributed by atoms with Crippen LogP contribution >= 0.6 is 0 Å². The summed E-state index contributed by atoms with van der Waals surface area (Å²) in [4.78, 5) is 16.5. The van der Waals surface area contributed by atoms with Gasteiger partial charge in [0.05, 0.1) is 16.9 Å². The van der Waals surface area contributed by atoms with Crippen LogP contribution < -0.4 is 11.1 Å². The van der Waals surface area contributed by atoms with Crippen molar-refractivity contribution in [2.75, 3.05) is 11.1 Å². The lowest BCUT2D eigenvalue weighted by atomic mass is 9.87. The number of anilines is 2. The van der Waals surface area contributed by atoms with E-state index in [9.17, 15) is 4.79 Å². The maximum absolute atomic E-state index is 12.2. The molecule has 0 bridgehead atoms. The molecule has 0 unspecified atom stereocenters. The number of amides is 1. The summed E-state index contributed by atoms with van der Waals surface area (Å²) in [5, 5.41) is 3.92. The fraction of sp³-hybridized carbons (Fsp3) is 0.412. The largest absolute Gasteiger partial charge is 0.397 e. The van der Waals surface area contributed by atoms with Crippen LogP contribution in [0.15, 0.2) is 30.5 Å². The van der Waals surface area contributed by atoms with E-state index in [4.69, 9.17) is 5.73 Å². The van der Waals surface area contributed by atoms with Gasteiger partial charge < -0.3 is 11.1 Å². The minimum atomic E-state index is 0.0943. The van der Waals surface area contributed by atoms with Gasteiger partial charge in [0.2, 0.25) is 5.91 Å². The molecule has 0 spiro atoms. The second-order valence-electron chi connectivity index (χ2n) is 5.86. The lowest BCUT2D eigenvalue weighted by Crippen LogP contribution is -2.18. The number of carbonyl (C=O) groups is 1. The number of rotatable bonds is 3. The summed E-state index contributed by atoms with van der Waals surface area (Å²) in [5.74, 6) is 0.633. The number of nitrogens with two attached hydrogens (primary N) is 1. The number of hydrogen-bond donors (Lipinski definition) is 2. The Labute approximate surface area is 124 Å². The molecule has 1 aromatic carbocycles. The second-order valence-corrected chi connectivity index (χ2v) is 5.86. The normalized spacial score (nSPS) is 16.0. The predicted octanol–water partition coefficient (Wildman–Crippen LogP) is 3.73. The summed E-state index contributed by atoms with van der Waals surface area (Å²) >= 11 is 0. The highest BCUT2D eigenvalue weighted by Gasteiger charge is 2.17. The van der Waals surface area contributed by atoms with Crippen molar-refractivity contribution in [2.24, 2.45) is 5.92 Å². The molecule has 3 N–H and O–H groups in total. The van der Waals surface area contributed by atoms with Gasteiger partial charge in [-0.15, -0.1) is 0 Å². The Bertz CT molecular complexity index is 648. The van der Waals surface area contributed by atoms with E-state index in [1.54, 1.807) is 12.3 Å². The van der Waals surface area contributed by atoms with Crippen LogP contribution in [0.3, 0.4) is 0 Å². The molecular weight excluding hydrogens is 262 g/mol. The lowest BCUT2D eigenvalue weighted by molar-refractivity contribution is -0.117. The number of nitrogens with zero attached hydrogens (tertiary/aromatic N) is 1. The van der Waals surface area contributed by atoms with Crippen molar-refractivity contribution in [3.63, 3.8) is 0 Å². The Balaban J connectivity index is 1.75. The van der Waals surface area contributed by atoms with Gasteiger partial charge in [0.15, 0.2) is 0 Å². The first-order valence-electron chi connectivity index (χ1n) is 7.67. The topological polar surface area (TPSA) is 68.0 Å². The Morgan fingerprint density at radius 2 is 2.05 bits per heavy atom. The maximum atomic E-state index is 12.2. The molecule has 1 aromatic heterocycles. The Morgan fingerprint density at radius 1 is 1.24 bits per heavy atom. The minimum Gasteiger partial charge on any atom is -0.397 e. The van der Waals surface area contributed by atoms with Crippen molar-refractivity contribution in [3.05, 3.63) is 30.5 Å². The predicted molar refractivity (Wildman–Crippen MR) is 86.0 cm³/mol. The highest BCUT2D eigenvalue weighted by molar-refractivity contribution is 6.04. The molecule has 0 saturated heterocycles. The molecule has 110 valence electrons. The SMILES string of the molecule is Nc1ccc(NC(=O)CC2CCCCC2)c2cccnc12. The number of pyridine rings is 1. The fourth-order valence-corrected chi connectivity index (χ4v) is 3.16. The summed E-state index contributed by atoms with van der Waals surface area (Å²) in [6.45, 7) is 0. The van der Waals surface area contributed by atoms with Gasteiger partial charge in [-0.05, 0) is 43.0 Å². The van der Waals surface area contributed by atoms with Crippen LogP contribution in [0.2, 0.25) is 0 Å². The van der Waals surface area contributed by atoms with Crippen LogP contribution in [-0.4, -0.2) is 10.9 Å². The molecule has 1 saturated carbocycles. The highest BCUT2D eigenvalue weighted by Crippen LogP contribution is 2.29. The standard InChI is InChI=1S/C17H21N3O/c18-14-8-9-15(13-7-4-10-19-17(13)14)20-16(21)11-12-5-2-1-3-6-12/h4,7-10,12H,1-3,5-6,11,18H2,(H,20,21). The molecule has 3 rings (SSSR count). The first-order valence-corrected chi connectivity index (χ1v) is 7.67. The quantitative estimate of drug-likeness (QED) is 0.843. The number of fused-ring (bicyclic) bond motifs is 1. The third-order valence-electron chi connectivity index (χ3n) is 4.27. The zero-order valence-corrected chi connectivity index (χ0v) is 12.1. The van der Waals surface area contributed by atoms with Crippen LogP contribution in [0, 0.1) is 5.92 Å². The zero-order valence-electron chi connectivity index (χ0n) is 12.1. The van der Waals surface area contributed by atoms with Crippen molar-refractivity contribution < 1.29 is 4.79 Å². The Kier molecular flexibility index (Phi) is 4.04. The first kappa shape index (κ1) is 13.9. The summed E-state index contributed by atoms with van der Waals surface area (Å²) < 4.78 is 0. The molecule has 21 heavy (non-hydrogen) atoms. The van der Waals surface area contributed by atoms with Crippen LogP contribution in [0.5, 0.6) is 0 Å². The molecule has 4 heteroatoms. The van der Waals surface area contributed by atoms with Crippen molar-refractivity contribution >= 4 is 28.2 Å². The van der Waals surface area contributed by atoms with Gasteiger partial charge in [-0.25, -0.2) is 0 Å². The van der Waals surface area contributed by atoms with E-state index in [0.29, 0.717) is 18.0 Å². The van der Waals surface area contributed by atoms with E-state index in [1.807, 2.05) is 18.2 Å². The minimum absolute atomic E-state index is 0.0943. The van der Waals surface area contributed by atoms with Gasteiger partial charge in [-0.1, -0.05) is 19.3 Å². The number of nitrogen functional groups attached to an aromatic ring is 1. The number of hydrogen-bond acceptors (Lipinski definition) is 3. The summed E-state index contributed by atoms with van der Waals surface area (Å²) in [7, 11) is 0. The van der Waals surface area contributed by atoms with Crippen LogP contribution in [0.1, 0.15) is 38.5 Å². The van der Waals surface area contributed by atoms with Crippen LogP contribution in [-0.2, 0) is 4.79 Å². The third-order valence-corrected chi connectivity index (χ3v) is 4.27. The molecule has 1 heterocycles. The molecule has 1 amide bonds. The van der Waals surface area contributed by atoms with E-state index in [2.05, 4.69) is 10.3 Å². The van der Waals surface area contributed by atoms with E-state index in [0.717, 1.165) is 16.6 Å². The number of carbonyl (C=O) groups excluding carboxylic acids is 1. The van der Waals surface area contributed by atoms with Gasteiger partial charge in [0.25, 0.3) is 0 Å². The molecule has 0 radical (unpaired) electrons. The van der Waals surface area contributed by atoms with Gasteiger partial charge in [-0.2, -0.15) is 0 Å². The van der Waals surface area contributed by atoms with Crippen LogP contribution in [0.4, 0.5) is 11.4 Å². The smallest absolute Gasteiger partial charge is 0.224 e. The molecule has 2 aromatic rings. The zero-order chi connectivity index (χ0) is 14.7. The van der Waals surface area contributed by atoms with Gasteiger partial charge in [0.1, 0.15) is 0 Å². The lowest BCUT2D eigenvalue weighted by Gasteiger charge is -2.21. The monoisotopic (exact) mass is 283 g/mol. The van der Waals surface area contributed by atoms with Crippen LogP contribution in [0.25, 0.3) is 10.9 Å². The van der Waals surface area contributed by atoms with E-state index in [1.165, 1.54) is 32.1 Å². The maximum Gasteiger partial charge on any atom is 0.224 e. The van der Waals surface area contributed by atoms with Gasteiger partial charge in [0, 0.05) is 18.0 Å². The van der Waals surface area contributed by atoms with Gasteiger partial charge >= 0.3 is 0 Å². The molecule has 0 atom stereocenters. The average Bonchev–Trinajstić information content (AvgIpc) is 2.51. The average molecular weight is 283 g/mol. The van der Waals surface area contributed by atoms with Crippen molar-refractivity contribution in [1.82, 2.24) is 4.98 Å².